The van der Waals surface area contributed by atoms with Gasteiger partial charge in [0.1, 0.15) is 12.4 Å². The van der Waals surface area contributed by atoms with E-state index < -0.39 is 0 Å². The van der Waals surface area contributed by atoms with E-state index in [1.807, 2.05) is 50.9 Å². The number of allylic oxidation sites excluding steroid dienone is 1. The van der Waals surface area contributed by atoms with Gasteiger partial charge in [-0.05, 0) is 52.8 Å². The fourth-order valence-corrected chi connectivity index (χ4v) is 3.81. The minimum absolute atomic E-state index is 0.0657. The molecule has 0 amide bonds. The summed E-state index contributed by atoms with van der Waals surface area (Å²) in [4.78, 5) is 24.4. The molecule has 2 aromatic rings. The maximum atomic E-state index is 13.6. The Hall–Kier alpha value is -2.45. The zero-order valence-corrected chi connectivity index (χ0v) is 17.7. The molecule has 2 aromatic heterocycles. The molecule has 1 saturated heterocycles. The molecule has 0 spiro atoms. The number of nitrogens with zero attached hydrogens (tertiary/aromatic N) is 4. The van der Waals surface area contributed by atoms with E-state index in [0.29, 0.717) is 31.2 Å². The number of aryl methyl sites for hydroxylation is 1. The number of aromatic nitrogens is 3. The number of hydrogen-bond acceptors (Lipinski definition) is 7. The van der Waals surface area contributed by atoms with E-state index in [2.05, 4.69) is 9.97 Å². The summed E-state index contributed by atoms with van der Waals surface area (Å²) in [5, 5.41) is 0.836. The van der Waals surface area contributed by atoms with Crippen molar-refractivity contribution in [3.8, 4) is 0 Å². The maximum Gasteiger partial charge on any atom is 0.257 e. The van der Waals surface area contributed by atoms with Crippen LogP contribution in [-0.4, -0.2) is 46.0 Å². The SMILES string of the molecule is C/C=C\N(COCC)C(C)c1cc2c(C)nc(N)nc2n([C@H]2CCCOC2)c1=O. The summed E-state index contributed by atoms with van der Waals surface area (Å²) < 4.78 is 13.0. The predicted molar refractivity (Wildman–Crippen MR) is 114 cm³/mol. The molecular formula is C21H31N5O3. The Labute approximate surface area is 171 Å². The fraction of sp³-hybridized carbons (Fsp3) is 0.571. The molecule has 1 fully saturated rings. The number of fused-ring (bicyclic) bond motifs is 1. The number of pyridine rings is 1. The molecule has 8 heteroatoms. The summed E-state index contributed by atoms with van der Waals surface area (Å²) in [6, 6.07) is 1.66. The van der Waals surface area contributed by atoms with Crippen molar-refractivity contribution in [2.75, 3.05) is 32.3 Å². The van der Waals surface area contributed by atoms with Crippen LogP contribution in [0.1, 0.15) is 57.0 Å². The van der Waals surface area contributed by atoms with Crippen LogP contribution < -0.4 is 11.3 Å². The van der Waals surface area contributed by atoms with Crippen LogP contribution in [0.3, 0.4) is 0 Å². The van der Waals surface area contributed by atoms with Crippen molar-refractivity contribution in [3.05, 3.63) is 40.0 Å². The normalized spacial score (nSPS) is 18.4. The Balaban J connectivity index is 2.19. The third-order valence-electron chi connectivity index (χ3n) is 5.36. The average Bonchev–Trinajstić information content (AvgIpc) is 2.71. The summed E-state index contributed by atoms with van der Waals surface area (Å²) in [5.41, 5.74) is 7.86. The smallest absolute Gasteiger partial charge is 0.257 e. The van der Waals surface area contributed by atoms with Gasteiger partial charge in [0.05, 0.1) is 24.4 Å². The molecule has 8 nitrogen and oxygen atoms in total. The van der Waals surface area contributed by atoms with Gasteiger partial charge in [-0.2, -0.15) is 4.98 Å². The molecule has 0 aliphatic carbocycles. The summed E-state index contributed by atoms with van der Waals surface area (Å²) in [6.07, 6.45) is 5.67. The van der Waals surface area contributed by atoms with E-state index in [4.69, 9.17) is 15.2 Å². The third kappa shape index (κ3) is 4.43. The molecule has 2 N–H and O–H groups in total. The minimum Gasteiger partial charge on any atom is -0.379 e. The highest BCUT2D eigenvalue weighted by atomic mass is 16.5. The van der Waals surface area contributed by atoms with Gasteiger partial charge in [0.25, 0.3) is 5.56 Å². The monoisotopic (exact) mass is 401 g/mol. The second-order valence-corrected chi connectivity index (χ2v) is 7.34. The number of ether oxygens (including phenoxy) is 2. The number of nitrogen functional groups attached to an aromatic ring is 1. The first kappa shape index (κ1) is 21.3. The fourth-order valence-electron chi connectivity index (χ4n) is 3.81. The highest BCUT2D eigenvalue weighted by molar-refractivity contribution is 5.79. The van der Waals surface area contributed by atoms with Gasteiger partial charge in [-0.15, -0.1) is 0 Å². The van der Waals surface area contributed by atoms with E-state index in [9.17, 15) is 4.79 Å². The molecule has 1 aliphatic rings. The van der Waals surface area contributed by atoms with Gasteiger partial charge in [-0.25, -0.2) is 4.98 Å². The molecule has 0 radical (unpaired) electrons. The van der Waals surface area contributed by atoms with Gasteiger partial charge in [0.15, 0.2) is 0 Å². The van der Waals surface area contributed by atoms with Crippen LogP contribution in [0.25, 0.3) is 11.0 Å². The van der Waals surface area contributed by atoms with Crippen LogP contribution in [0.4, 0.5) is 5.95 Å². The van der Waals surface area contributed by atoms with Crippen molar-refractivity contribution in [1.82, 2.24) is 19.4 Å². The van der Waals surface area contributed by atoms with Crippen LogP contribution in [0.5, 0.6) is 0 Å². The lowest BCUT2D eigenvalue weighted by atomic mass is 10.0. The highest BCUT2D eigenvalue weighted by Crippen LogP contribution is 2.27. The van der Waals surface area contributed by atoms with E-state index in [-0.39, 0.29) is 23.6 Å². The second kappa shape index (κ2) is 9.37. The Morgan fingerprint density at radius 2 is 2.28 bits per heavy atom. The Kier molecular flexibility index (Phi) is 6.87. The first-order valence-electron chi connectivity index (χ1n) is 10.2. The van der Waals surface area contributed by atoms with Crippen molar-refractivity contribution in [1.29, 1.82) is 0 Å². The van der Waals surface area contributed by atoms with Crippen LogP contribution in [0.2, 0.25) is 0 Å². The predicted octanol–water partition coefficient (Wildman–Crippen LogP) is 2.92. The van der Waals surface area contributed by atoms with Crippen LogP contribution in [-0.2, 0) is 9.47 Å². The van der Waals surface area contributed by atoms with E-state index in [0.717, 1.165) is 30.5 Å². The first-order valence-corrected chi connectivity index (χ1v) is 10.2. The summed E-state index contributed by atoms with van der Waals surface area (Å²) in [6.45, 7) is 10.0. The summed E-state index contributed by atoms with van der Waals surface area (Å²) in [5.74, 6) is 0.174. The molecular weight excluding hydrogens is 370 g/mol. The zero-order chi connectivity index (χ0) is 21.0. The van der Waals surface area contributed by atoms with Crippen LogP contribution >= 0.6 is 0 Å². The lowest BCUT2D eigenvalue weighted by Crippen LogP contribution is -2.36. The molecule has 158 valence electrons. The van der Waals surface area contributed by atoms with Crippen molar-refractivity contribution in [2.24, 2.45) is 0 Å². The van der Waals surface area contributed by atoms with Gasteiger partial charge in [-0.1, -0.05) is 6.08 Å². The minimum atomic E-state index is -0.178. The number of anilines is 1. The lowest BCUT2D eigenvalue weighted by molar-refractivity contribution is 0.0428. The largest absolute Gasteiger partial charge is 0.379 e. The summed E-state index contributed by atoms with van der Waals surface area (Å²) >= 11 is 0. The van der Waals surface area contributed by atoms with Gasteiger partial charge in [0, 0.05) is 24.2 Å². The van der Waals surface area contributed by atoms with Crippen molar-refractivity contribution >= 4 is 17.0 Å². The molecule has 29 heavy (non-hydrogen) atoms. The van der Waals surface area contributed by atoms with E-state index in [1.54, 1.807) is 4.57 Å². The van der Waals surface area contributed by atoms with Gasteiger partial charge < -0.3 is 20.1 Å². The van der Waals surface area contributed by atoms with Crippen LogP contribution in [0, 0.1) is 6.92 Å². The standard InChI is InChI=1S/C21H31N5O3/c1-5-9-25(13-28-6-2)15(4)18-11-17-14(3)23-21(22)24-19(17)26(20(18)27)16-8-7-10-29-12-16/h5,9,11,15-16H,6-8,10,12-13H2,1-4H3,(H2,22,23,24)/b9-5-/t15?,16-/m0/s1. The Morgan fingerprint density at radius 1 is 1.48 bits per heavy atom. The number of nitrogens with two attached hydrogens (primary N) is 1. The molecule has 0 aromatic carbocycles. The Morgan fingerprint density at radius 3 is 2.93 bits per heavy atom. The lowest BCUT2D eigenvalue weighted by Gasteiger charge is -2.30. The Bertz CT molecular complexity index is 934. The molecule has 3 rings (SSSR count). The van der Waals surface area contributed by atoms with Gasteiger partial charge in [-0.3, -0.25) is 9.36 Å². The van der Waals surface area contributed by atoms with E-state index >= 15 is 0 Å². The molecule has 2 atom stereocenters. The number of hydrogen-bond donors (Lipinski definition) is 1. The van der Waals surface area contributed by atoms with Crippen molar-refractivity contribution in [2.45, 2.75) is 52.6 Å². The molecule has 0 saturated carbocycles. The highest BCUT2D eigenvalue weighted by Gasteiger charge is 2.25. The molecule has 1 aliphatic heterocycles. The quantitative estimate of drug-likeness (QED) is 0.713. The molecule has 1 unspecified atom stereocenters. The summed E-state index contributed by atoms with van der Waals surface area (Å²) in [7, 11) is 0. The second-order valence-electron chi connectivity index (χ2n) is 7.34. The van der Waals surface area contributed by atoms with Gasteiger partial charge in [0.2, 0.25) is 5.95 Å². The van der Waals surface area contributed by atoms with Crippen molar-refractivity contribution in [3.63, 3.8) is 0 Å². The topological polar surface area (TPSA) is 95.5 Å². The molecule has 0 bridgehead atoms. The van der Waals surface area contributed by atoms with Crippen LogP contribution in [0.15, 0.2) is 23.1 Å². The molecule has 3 heterocycles. The van der Waals surface area contributed by atoms with E-state index in [1.165, 1.54) is 0 Å². The first-order chi connectivity index (χ1) is 14.0. The van der Waals surface area contributed by atoms with Crippen molar-refractivity contribution < 1.29 is 9.47 Å². The van der Waals surface area contributed by atoms with Gasteiger partial charge >= 0.3 is 0 Å². The zero-order valence-electron chi connectivity index (χ0n) is 17.7. The maximum absolute atomic E-state index is 13.6. The average molecular weight is 402 g/mol. The number of rotatable bonds is 7. The third-order valence-corrected chi connectivity index (χ3v) is 5.36.